The summed E-state index contributed by atoms with van der Waals surface area (Å²) >= 11 is 0. The van der Waals surface area contributed by atoms with Crippen LogP contribution < -0.4 is 5.32 Å². The van der Waals surface area contributed by atoms with Gasteiger partial charge in [0.1, 0.15) is 0 Å². The van der Waals surface area contributed by atoms with E-state index in [1.54, 1.807) is 0 Å². The summed E-state index contributed by atoms with van der Waals surface area (Å²) in [5.74, 6) is 0. The molecule has 1 unspecified atom stereocenters. The molecule has 0 aliphatic carbocycles. The van der Waals surface area contributed by atoms with Gasteiger partial charge in [-0.05, 0) is 11.6 Å². The van der Waals surface area contributed by atoms with Crippen LogP contribution in [0.5, 0.6) is 0 Å². The van der Waals surface area contributed by atoms with Crippen LogP contribution >= 0.6 is 0 Å². The molecule has 0 spiro atoms. The van der Waals surface area contributed by atoms with Gasteiger partial charge in [0.15, 0.2) is 0 Å². The Labute approximate surface area is 104 Å². The van der Waals surface area contributed by atoms with Crippen molar-refractivity contribution in [1.82, 2.24) is 5.32 Å². The molecular weight excluding hydrogens is 247 g/mol. The Morgan fingerprint density at radius 2 is 2.00 bits per heavy atom. The minimum Gasteiger partial charge on any atom is -0.394 e. The lowest BCUT2D eigenvalue weighted by atomic mass is 10.0. The van der Waals surface area contributed by atoms with Gasteiger partial charge in [-0.3, -0.25) is 0 Å². The van der Waals surface area contributed by atoms with Gasteiger partial charge in [0.05, 0.1) is 24.8 Å². The lowest BCUT2D eigenvalue weighted by Gasteiger charge is -2.21. The lowest BCUT2D eigenvalue weighted by Crippen LogP contribution is -2.29. The van der Waals surface area contributed by atoms with Crippen molar-refractivity contribution in [2.24, 2.45) is 0 Å². The maximum Gasteiger partial charge on any atom is 0.416 e. The van der Waals surface area contributed by atoms with Crippen LogP contribution in [-0.2, 0) is 10.9 Å². The topological polar surface area (TPSA) is 41.5 Å². The maximum absolute atomic E-state index is 12.8. The molecule has 3 nitrogen and oxygen atoms in total. The first-order valence-electron chi connectivity index (χ1n) is 5.50. The van der Waals surface area contributed by atoms with E-state index in [0.29, 0.717) is 13.2 Å². The average molecular weight is 263 g/mol. The van der Waals surface area contributed by atoms with Gasteiger partial charge in [0.2, 0.25) is 0 Å². The number of halogens is 3. The Balaban J connectivity index is 2.91. The van der Waals surface area contributed by atoms with Crippen LogP contribution in [0.2, 0.25) is 0 Å². The smallest absolute Gasteiger partial charge is 0.394 e. The third kappa shape index (κ3) is 3.97. The number of ether oxygens (including phenoxy) is 1. The summed E-state index contributed by atoms with van der Waals surface area (Å²) in [4.78, 5) is 0. The van der Waals surface area contributed by atoms with Crippen LogP contribution in [0.4, 0.5) is 13.2 Å². The molecule has 0 amide bonds. The summed E-state index contributed by atoms with van der Waals surface area (Å²) in [6.07, 6.45) is -4.42. The predicted octanol–water partition coefficient (Wildman–Crippen LogP) is 1.97. The van der Waals surface area contributed by atoms with Crippen LogP contribution in [0, 0.1) is 0 Å². The molecule has 0 saturated heterocycles. The number of benzene rings is 1. The van der Waals surface area contributed by atoms with Crippen molar-refractivity contribution in [1.29, 1.82) is 0 Å². The van der Waals surface area contributed by atoms with E-state index in [4.69, 9.17) is 4.74 Å². The van der Waals surface area contributed by atoms with Crippen molar-refractivity contribution in [2.75, 3.05) is 26.9 Å². The molecule has 102 valence electrons. The standard InChI is InChI=1S/C12H16F3NO2/c1-18-7-6-16-11(8-17)9-4-2-3-5-10(9)12(13,14)15/h2-5,11,16-17H,6-8H2,1H3. The van der Waals surface area contributed by atoms with Gasteiger partial charge in [0.25, 0.3) is 0 Å². The van der Waals surface area contributed by atoms with E-state index >= 15 is 0 Å². The third-order valence-corrected chi connectivity index (χ3v) is 2.52. The molecule has 0 heterocycles. The normalized spacial score (nSPS) is 13.6. The Bertz CT molecular complexity index is 369. The van der Waals surface area contributed by atoms with Gasteiger partial charge in [-0.1, -0.05) is 18.2 Å². The number of nitrogens with one attached hydrogen (secondary N) is 1. The zero-order valence-electron chi connectivity index (χ0n) is 10.00. The molecule has 0 saturated carbocycles. The summed E-state index contributed by atoms with van der Waals surface area (Å²) in [6, 6.07) is 4.47. The van der Waals surface area contributed by atoms with Gasteiger partial charge >= 0.3 is 6.18 Å². The van der Waals surface area contributed by atoms with E-state index in [9.17, 15) is 18.3 Å². The van der Waals surface area contributed by atoms with Crippen LogP contribution in [0.15, 0.2) is 24.3 Å². The van der Waals surface area contributed by atoms with E-state index in [-0.39, 0.29) is 5.56 Å². The molecule has 1 atom stereocenters. The molecule has 0 aliphatic rings. The number of hydrogen-bond acceptors (Lipinski definition) is 3. The Hall–Kier alpha value is -1.11. The van der Waals surface area contributed by atoms with Gasteiger partial charge in [0, 0.05) is 13.7 Å². The zero-order chi connectivity index (χ0) is 13.6. The fraction of sp³-hybridized carbons (Fsp3) is 0.500. The van der Waals surface area contributed by atoms with Crippen LogP contribution in [-0.4, -0.2) is 32.0 Å². The quantitative estimate of drug-likeness (QED) is 0.771. The van der Waals surface area contributed by atoms with Crippen molar-refractivity contribution in [3.63, 3.8) is 0 Å². The van der Waals surface area contributed by atoms with Crippen LogP contribution in [0.3, 0.4) is 0 Å². The molecular formula is C12H16F3NO2. The first kappa shape index (κ1) is 14.9. The van der Waals surface area contributed by atoms with Crippen molar-refractivity contribution in [3.05, 3.63) is 35.4 Å². The summed E-state index contributed by atoms with van der Waals surface area (Å²) in [5.41, 5.74) is -0.683. The van der Waals surface area contributed by atoms with Gasteiger partial charge in [-0.15, -0.1) is 0 Å². The highest BCUT2D eigenvalue weighted by atomic mass is 19.4. The minimum absolute atomic E-state index is 0.0450. The van der Waals surface area contributed by atoms with E-state index in [1.165, 1.54) is 25.3 Å². The zero-order valence-corrected chi connectivity index (χ0v) is 10.00. The van der Waals surface area contributed by atoms with Crippen LogP contribution in [0.1, 0.15) is 17.2 Å². The summed E-state index contributed by atoms with van der Waals surface area (Å²) < 4.78 is 43.2. The van der Waals surface area contributed by atoms with E-state index < -0.39 is 24.4 Å². The minimum atomic E-state index is -4.42. The maximum atomic E-state index is 12.8. The van der Waals surface area contributed by atoms with E-state index in [2.05, 4.69) is 5.32 Å². The molecule has 2 N–H and O–H groups in total. The fourth-order valence-electron chi connectivity index (χ4n) is 1.67. The second kappa shape index (κ2) is 6.72. The molecule has 1 aromatic carbocycles. The second-order valence-corrected chi connectivity index (χ2v) is 3.77. The first-order chi connectivity index (χ1) is 8.50. The monoisotopic (exact) mass is 263 g/mol. The molecule has 1 aromatic rings. The number of hydrogen-bond donors (Lipinski definition) is 2. The SMILES string of the molecule is COCCNC(CO)c1ccccc1C(F)(F)F. The largest absolute Gasteiger partial charge is 0.416 e. The Morgan fingerprint density at radius 1 is 1.33 bits per heavy atom. The average Bonchev–Trinajstić information content (AvgIpc) is 2.34. The molecule has 0 aliphatic heterocycles. The number of methoxy groups -OCH3 is 1. The number of aliphatic hydroxyl groups is 1. The van der Waals surface area contributed by atoms with Crippen molar-refractivity contribution in [2.45, 2.75) is 12.2 Å². The number of rotatable bonds is 6. The fourth-order valence-corrected chi connectivity index (χ4v) is 1.67. The summed E-state index contributed by atoms with van der Waals surface area (Å²) in [6.45, 7) is 0.329. The molecule has 18 heavy (non-hydrogen) atoms. The molecule has 1 rings (SSSR count). The molecule has 0 fully saturated rings. The van der Waals surface area contributed by atoms with E-state index in [0.717, 1.165) is 6.07 Å². The third-order valence-electron chi connectivity index (χ3n) is 2.52. The second-order valence-electron chi connectivity index (χ2n) is 3.77. The Morgan fingerprint density at radius 3 is 2.56 bits per heavy atom. The van der Waals surface area contributed by atoms with Crippen molar-refractivity contribution < 1.29 is 23.0 Å². The molecule has 6 heteroatoms. The van der Waals surface area contributed by atoms with Gasteiger partial charge in [-0.25, -0.2) is 0 Å². The highest BCUT2D eigenvalue weighted by Gasteiger charge is 2.34. The lowest BCUT2D eigenvalue weighted by molar-refractivity contribution is -0.138. The van der Waals surface area contributed by atoms with Gasteiger partial charge < -0.3 is 15.2 Å². The Kier molecular flexibility index (Phi) is 5.58. The van der Waals surface area contributed by atoms with E-state index in [1.807, 2.05) is 0 Å². The molecule has 0 aromatic heterocycles. The number of aliphatic hydroxyl groups excluding tert-OH is 1. The summed E-state index contributed by atoms with van der Waals surface area (Å²) in [5, 5.41) is 12.0. The highest BCUT2D eigenvalue weighted by Crippen LogP contribution is 2.34. The predicted molar refractivity (Wildman–Crippen MR) is 61.1 cm³/mol. The van der Waals surface area contributed by atoms with Crippen molar-refractivity contribution in [3.8, 4) is 0 Å². The summed E-state index contributed by atoms with van der Waals surface area (Å²) in [7, 11) is 1.50. The van der Waals surface area contributed by atoms with Gasteiger partial charge in [-0.2, -0.15) is 13.2 Å². The van der Waals surface area contributed by atoms with Crippen LogP contribution in [0.25, 0.3) is 0 Å². The highest BCUT2D eigenvalue weighted by molar-refractivity contribution is 5.32. The number of alkyl halides is 3. The first-order valence-corrected chi connectivity index (χ1v) is 5.50. The molecule has 0 radical (unpaired) electrons. The molecule has 0 bridgehead atoms. The van der Waals surface area contributed by atoms with Crippen molar-refractivity contribution >= 4 is 0 Å².